The van der Waals surface area contributed by atoms with E-state index in [1.54, 1.807) is 17.1 Å². The number of amidine groups is 1. The van der Waals surface area contributed by atoms with Crippen molar-refractivity contribution < 1.29 is 13.6 Å². The summed E-state index contributed by atoms with van der Waals surface area (Å²) in [7, 11) is -3.40. The predicted octanol–water partition coefficient (Wildman–Crippen LogP) is 1.06. The van der Waals surface area contributed by atoms with Crippen molar-refractivity contribution in [2.45, 2.75) is 11.4 Å². The second-order valence-electron chi connectivity index (χ2n) is 4.25. The molecule has 0 fully saturated rings. The molecule has 1 aromatic heterocycles. The molecule has 0 amide bonds. The molecule has 21 heavy (non-hydrogen) atoms. The number of oxime groups is 1. The van der Waals surface area contributed by atoms with Crippen LogP contribution in [0.15, 0.2) is 46.7 Å². The van der Waals surface area contributed by atoms with Crippen LogP contribution in [0.5, 0.6) is 0 Å². The van der Waals surface area contributed by atoms with Crippen molar-refractivity contribution in [3.05, 3.63) is 45.8 Å². The molecule has 1 heterocycles. The van der Waals surface area contributed by atoms with E-state index in [9.17, 15) is 8.42 Å². The molecule has 1 aromatic carbocycles. The average molecular weight is 420 g/mol. The zero-order valence-corrected chi connectivity index (χ0v) is 13.8. The third kappa shape index (κ3) is 3.94. The topological polar surface area (TPSA) is 111 Å². The highest BCUT2D eigenvalue weighted by atomic mass is 127. The molecule has 3 N–H and O–H groups in total. The van der Waals surface area contributed by atoms with Crippen LogP contribution in [0.1, 0.15) is 5.56 Å². The van der Waals surface area contributed by atoms with Crippen molar-refractivity contribution in [2.75, 3.05) is 5.75 Å². The molecule has 0 saturated carbocycles. The quantitative estimate of drug-likeness (QED) is 0.247. The van der Waals surface area contributed by atoms with E-state index in [4.69, 9.17) is 10.9 Å². The first-order valence-corrected chi connectivity index (χ1v) is 8.64. The van der Waals surface area contributed by atoms with Gasteiger partial charge in [0.25, 0.3) is 0 Å². The third-order valence-electron chi connectivity index (χ3n) is 2.81. The molecule has 112 valence electrons. The molecular formula is C12H13IN4O3S. The molecule has 2 aromatic rings. The van der Waals surface area contributed by atoms with Crippen molar-refractivity contribution in [2.24, 2.45) is 10.9 Å². The van der Waals surface area contributed by atoms with Gasteiger partial charge < -0.3 is 10.9 Å². The van der Waals surface area contributed by atoms with Gasteiger partial charge in [-0.1, -0.05) is 5.16 Å². The van der Waals surface area contributed by atoms with Gasteiger partial charge in [0.05, 0.1) is 27.0 Å². The second-order valence-corrected chi connectivity index (χ2v) is 7.60. The maximum atomic E-state index is 12.2. The van der Waals surface area contributed by atoms with E-state index in [0.717, 1.165) is 3.57 Å². The van der Waals surface area contributed by atoms with Gasteiger partial charge in [-0.25, -0.2) is 8.42 Å². The number of nitrogens with two attached hydrogens (primary N) is 1. The summed E-state index contributed by atoms with van der Waals surface area (Å²) >= 11 is 2.11. The molecule has 0 radical (unpaired) electrons. The van der Waals surface area contributed by atoms with E-state index in [2.05, 4.69) is 32.8 Å². The van der Waals surface area contributed by atoms with Crippen molar-refractivity contribution in [3.63, 3.8) is 0 Å². The van der Waals surface area contributed by atoms with Crippen LogP contribution in [-0.2, 0) is 16.4 Å². The standard InChI is InChI=1S/C12H13IN4O3S/c13-10-7-15-17(8-10)5-6-21(19,20)11-3-1-9(2-4-11)12(14)16-18/h1-4,7-8,18H,5-6H2,(H2,14,16). The third-order valence-corrected chi connectivity index (χ3v) is 5.08. The van der Waals surface area contributed by atoms with Gasteiger partial charge in [0.2, 0.25) is 0 Å². The van der Waals surface area contributed by atoms with Gasteiger partial charge >= 0.3 is 0 Å². The molecule has 0 unspecified atom stereocenters. The van der Waals surface area contributed by atoms with Crippen LogP contribution in [0.25, 0.3) is 0 Å². The van der Waals surface area contributed by atoms with Gasteiger partial charge in [-0.15, -0.1) is 0 Å². The molecule has 0 aliphatic rings. The summed E-state index contributed by atoms with van der Waals surface area (Å²) in [5, 5.41) is 15.5. The number of aromatic nitrogens is 2. The lowest BCUT2D eigenvalue weighted by Gasteiger charge is -2.06. The predicted molar refractivity (Wildman–Crippen MR) is 85.9 cm³/mol. The summed E-state index contributed by atoms with van der Waals surface area (Å²) in [5.41, 5.74) is 5.89. The first-order chi connectivity index (χ1) is 9.92. The molecular weight excluding hydrogens is 407 g/mol. The van der Waals surface area contributed by atoms with Crippen molar-refractivity contribution in [3.8, 4) is 0 Å². The number of benzene rings is 1. The summed E-state index contributed by atoms with van der Waals surface area (Å²) in [6, 6.07) is 5.88. The molecule has 9 heteroatoms. The van der Waals surface area contributed by atoms with Gasteiger partial charge in [0, 0.05) is 11.8 Å². The highest BCUT2D eigenvalue weighted by Gasteiger charge is 2.15. The van der Waals surface area contributed by atoms with Crippen molar-refractivity contribution in [1.29, 1.82) is 0 Å². The molecule has 0 atom stereocenters. The largest absolute Gasteiger partial charge is 0.409 e. The Morgan fingerprint density at radius 1 is 1.38 bits per heavy atom. The minimum absolute atomic E-state index is 0.0479. The van der Waals surface area contributed by atoms with Gasteiger partial charge in [0.1, 0.15) is 0 Å². The first kappa shape index (κ1) is 15.8. The highest BCUT2D eigenvalue weighted by molar-refractivity contribution is 14.1. The molecule has 0 aliphatic carbocycles. The fourth-order valence-corrected chi connectivity index (χ4v) is 3.34. The maximum absolute atomic E-state index is 12.2. The van der Waals surface area contributed by atoms with Gasteiger partial charge in [0.15, 0.2) is 15.7 Å². The Bertz CT molecular complexity index is 753. The van der Waals surface area contributed by atoms with E-state index in [1.165, 1.54) is 24.3 Å². The van der Waals surface area contributed by atoms with Gasteiger partial charge in [-0.3, -0.25) is 4.68 Å². The minimum atomic E-state index is -3.40. The van der Waals surface area contributed by atoms with E-state index in [1.807, 2.05) is 0 Å². The number of rotatable bonds is 5. The molecule has 2 rings (SSSR count). The van der Waals surface area contributed by atoms with Crippen LogP contribution in [0.2, 0.25) is 0 Å². The molecule has 7 nitrogen and oxygen atoms in total. The molecule has 0 aliphatic heterocycles. The van der Waals surface area contributed by atoms with Crippen LogP contribution in [0, 0.1) is 3.57 Å². The van der Waals surface area contributed by atoms with Gasteiger partial charge in [-0.2, -0.15) is 5.10 Å². The lowest BCUT2D eigenvalue weighted by Crippen LogP contribution is -2.15. The summed E-state index contributed by atoms with van der Waals surface area (Å²) in [5.74, 6) is -0.113. The lowest BCUT2D eigenvalue weighted by molar-refractivity contribution is 0.318. The number of sulfone groups is 1. The average Bonchev–Trinajstić information content (AvgIpc) is 2.90. The van der Waals surface area contributed by atoms with Crippen LogP contribution in [0.4, 0.5) is 0 Å². The summed E-state index contributed by atoms with van der Waals surface area (Å²) in [6.45, 7) is 0.285. The number of halogens is 1. The zero-order valence-electron chi connectivity index (χ0n) is 10.8. The smallest absolute Gasteiger partial charge is 0.180 e. The Kier molecular flexibility index (Phi) is 4.83. The van der Waals surface area contributed by atoms with Gasteiger partial charge in [-0.05, 0) is 46.9 Å². The number of nitrogens with zero attached hydrogens (tertiary/aromatic N) is 3. The molecule has 0 spiro atoms. The van der Waals surface area contributed by atoms with Crippen LogP contribution in [-0.4, -0.2) is 35.0 Å². The zero-order chi connectivity index (χ0) is 15.5. The van der Waals surface area contributed by atoms with E-state index in [-0.39, 0.29) is 23.0 Å². The fourth-order valence-electron chi connectivity index (χ4n) is 1.68. The van der Waals surface area contributed by atoms with E-state index in [0.29, 0.717) is 5.56 Å². The number of aryl methyl sites for hydroxylation is 1. The normalized spacial score (nSPS) is 12.5. The number of hydrogen-bond acceptors (Lipinski definition) is 5. The summed E-state index contributed by atoms with van der Waals surface area (Å²) in [6.07, 6.45) is 3.44. The molecule has 0 bridgehead atoms. The highest BCUT2D eigenvalue weighted by Crippen LogP contribution is 2.13. The molecule has 0 saturated heterocycles. The van der Waals surface area contributed by atoms with E-state index >= 15 is 0 Å². The second kappa shape index (κ2) is 6.43. The van der Waals surface area contributed by atoms with Crippen molar-refractivity contribution >= 4 is 38.3 Å². The van der Waals surface area contributed by atoms with Crippen LogP contribution < -0.4 is 5.73 Å². The maximum Gasteiger partial charge on any atom is 0.180 e. The van der Waals surface area contributed by atoms with Crippen LogP contribution >= 0.6 is 22.6 Å². The van der Waals surface area contributed by atoms with E-state index < -0.39 is 9.84 Å². The monoisotopic (exact) mass is 420 g/mol. The SMILES string of the molecule is N/C(=N/O)c1ccc(S(=O)(=O)CCn2cc(I)cn2)cc1. The fraction of sp³-hybridized carbons (Fsp3) is 0.167. The Morgan fingerprint density at radius 2 is 2.05 bits per heavy atom. The number of hydrogen-bond donors (Lipinski definition) is 2. The summed E-state index contributed by atoms with van der Waals surface area (Å²) < 4.78 is 27.0. The lowest BCUT2D eigenvalue weighted by atomic mass is 10.2. The first-order valence-electron chi connectivity index (χ1n) is 5.91. The Labute approximate surface area is 135 Å². The minimum Gasteiger partial charge on any atom is -0.409 e. The Morgan fingerprint density at radius 3 is 2.57 bits per heavy atom. The van der Waals surface area contributed by atoms with Crippen LogP contribution in [0.3, 0.4) is 0 Å². The Hall–Kier alpha value is -1.62. The summed E-state index contributed by atoms with van der Waals surface area (Å²) in [4.78, 5) is 0.193. The Balaban J connectivity index is 2.12. The van der Waals surface area contributed by atoms with Crippen molar-refractivity contribution in [1.82, 2.24) is 9.78 Å².